The van der Waals surface area contributed by atoms with E-state index in [0.29, 0.717) is 11.2 Å². The number of anilines is 3. The molecule has 32 nitrogen and oxygen atoms in total. The van der Waals surface area contributed by atoms with Crippen LogP contribution in [0, 0.1) is 6.92 Å². The predicted octanol–water partition coefficient (Wildman–Crippen LogP) is -2.52. The van der Waals surface area contributed by atoms with E-state index in [9.17, 15) is 43.7 Å². The van der Waals surface area contributed by atoms with Crippen LogP contribution in [0.2, 0.25) is 0 Å². The maximum atomic E-state index is 14.1. The van der Waals surface area contributed by atoms with Crippen molar-refractivity contribution in [3.8, 4) is 0 Å². The Morgan fingerprint density at radius 3 is 1.83 bits per heavy atom. The summed E-state index contributed by atoms with van der Waals surface area (Å²) in [4.78, 5) is 100.0. The van der Waals surface area contributed by atoms with Crippen LogP contribution in [0.5, 0.6) is 0 Å². The van der Waals surface area contributed by atoms with Crippen LogP contribution in [0.4, 0.5) is 17.5 Å². The second kappa shape index (κ2) is 22.8. The molecule has 7 unspecified atom stereocenters. The highest BCUT2D eigenvalue weighted by molar-refractivity contribution is 8.32. The largest absolute Gasteiger partial charge is 0.780 e. The lowest BCUT2D eigenvalue weighted by molar-refractivity contribution is -0.216. The van der Waals surface area contributed by atoms with Gasteiger partial charge in [0.25, 0.3) is 5.56 Å². The molecule has 5 aromatic rings. The third kappa shape index (κ3) is 12.9. The Morgan fingerprint density at radius 2 is 1.24 bits per heavy atom. The number of rotatable bonds is 20. The highest BCUT2D eigenvalue weighted by Crippen LogP contribution is 2.53. The smallest absolute Gasteiger partial charge is 0.351 e. The van der Waals surface area contributed by atoms with Gasteiger partial charge in [0, 0.05) is 49.8 Å². The van der Waals surface area contributed by atoms with Gasteiger partial charge in [0.2, 0.25) is 0 Å². The van der Waals surface area contributed by atoms with E-state index in [1.54, 1.807) is 0 Å². The minimum absolute atomic E-state index is 0.00797. The Morgan fingerprint density at radius 1 is 0.737 bits per heavy atom. The van der Waals surface area contributed by atoms with Crippen molar-refractivity contribution in [2.45, 2.75) is 106 Å². The summed E-state index contributed by atoms with van der Waals surface area (Å²) in [6.45, 7) is -15.0. The normalized spacial score (nSPS) is 30.1. The van der Waals surface area contributed by atoms with Gasteiger partial charge in [-0.1, -0.05) is 23.6 Å². The number of hydrogen-bond donors (Lipinski definition) is 6. The number of hydrogen-bond acceptors (Lipinski definition) is 30. The van der Waals surface area contributed by atoms with Crippen molar-refractivity contribution in [3.05, 3.63) is 90.7 Å². The summed E-state index contributed by atoms with van der Waals surface area (Å²) < 4.78 is 76.8. The topological polar surface area (TPSA) is 442 Å². The molecule has 0 spiro atoms. The third-order valence-electron chi connectivity index (χ3n) is 12.4. The molecule has 9 heterocycles. The van der Waals surface area contributed by atoms with E-state index in [2.05, 4.69) is 29.9 Å². The summed E-state index contributed by atoms with van der Waals surface area (Å²) in [6.07, 6.45) is -8.41. The molecule has 4 aliphatic heterocycles. The number of H-pyrrole nitrogens is 1. The van der Waals surface area contributed by atoms with Crippen molar-refractivity contribution in [2.75, 3.05) is 43.6 Å². The lowest BCUT2D eigenvalue weighted by Crippen LogP contribution is -2.33. The van der Waals surface area contributed by atoms with Gasteiger partial charge < -0.3 is 95.5 Å². The highest BCUT2D eigenvalue weighted by atomic mass is 32.7. The van der Waals surface area contributed by atoms with Crippen LogP contribution < -0.4 is 49.6 Å². The maximum absolute atomic E-state index is 14.1. The first-order chi connectivity index (χ1) is 35.9. The lowest BCUT2D eigenvalue weighted by Gasteiger charge is -2.35. The minimum atomic E-state index is -4.72. The Kier molecular flexibility index (Phi) is 16.9. The summed E-state index contributed by atoms with van der Waals surface area (Å²) in [6, 6.07) is 2.67. The van der Waals surface area contributed by atoms with Crippen molar-refractivity contribution in [3.63, 3.8) is 0 Å². The van der Waals surface area contributed by atoms with Gasteiger partial charge in [-0.05, 0) is 19.1 Å². The number of aliphatic hydroxyl groups excluding tert-OH is 2. The number of aryl methyl sites for hydroxylation is 1. The van der Waals surface area contributed by atoms with E-state index < -0.39 is 143 Å². The SMILES string of the molecule is Cc1cn([C@H]2CC(OP([O-])(=S)OC[C@H]3O[C@@H](n4ccc(N)nc4=O)CC3O)[C@@H](COP(=O)([S-])OC3C[C@H](n4ccc(N)nc4=O)O[C@@H]3COP([O-])(=S)OC3C[C@H](n4cnc5c(N)ncnc54)O[C@@H]3CO)O2)c(=O)[nH]c1=O. The zero-order chi connectivity index (χ0) is 54.4. The number of aromatic nitrogens is 10. The highest BCUT2D eigenvalue weighted by Gasteiger charge is 2.44. The van der Waals surface area contributed by atoms with E-state index in [4.69, 9.17) is 99.2 Å². The van der Waals surface area contributed by atoms with Crippen LogP contribution in [0.15, 0.2) is 62.6 Å². The average molecular weight is 1180 g/mol. The summed E-state index contributed by atoms with van der Waals surface area (Å²) in [5.41, 5.74) is 14.8. The van der Waals surface area contributed by atoms with Crippen molar-refractivity contribution in [2.24, 2.45) is 0 Å². The van der Waals surface area contributed by atoms with Crippen LogP contribution in [-0.2, 0) is 86.5 Å². The Bertz CT molecular complexity index is 3350. The quantitative estimate of drug-likeness (QED) is 0.0346. The molecule has 0 aromatic carbocycles. The first-order valence-corrected chi connectivity index (χ1v) is 30.4. The van der Waals surface area contributed by atoms with Crippen molar-refractivity contribution in [1.82, 2.24) is 48.2 Å². The molecule has 4 saturated heterocycles. The van der Waals surface area contributed by atoms with Gasteiger partial charge >= 0.3 is 17.1 Å². The second-order valence-electron chi connectivity index (χ2n) is 17.5. The number of nitrogens with two attached hydrogens (primary N) is 3. The molecule has 5 aromatic heterocycles. The molecule has 0 amide bonds. The number of nitrogens with zero attached hydrogens (tertiary/aromatic N) is 9. The first-order valence-electron chi connectivity index (χ1n) is 22.7. The Hall–Kier alpha value is -4.29. The molecule has 9 N–H and O–H groups in total. The predicted molar refractivity (Wildman–Crippen MR) is 265 cm³/mol. The molecule has 4 aliphatic rings. The fourth-order valence-electron chi connectivity index (χ4n) is 8.70. The molecule has 38 heteroatoms. The molecular weight excluding hydrogens is 1130 g/mol. The lowest BCUT2D eigenvalue weighted by atomic mass is 10.2. The van der Waals surface area contributed by atoms with E-state index >= 15 is 0 Å². The van der Waals surface area contributed by atoms with Gasteiger partial charge in [0.1, 0.15) is 86.2 Å². The molecule has 4 fully saturated rings. The molecule has 0 aliphatic carbocycles. The zero-order valence-electron chi connectivity index (χ0n) is 39.3. The fraction of sp³-hybridized carbons (Fsp3) is 0.553. The van der Waals surface area contributed by atoms with Crippen LogP contribution in [0.25, 0.3) is 11.2 Å². The molecule has 76 heavy (non-hydrogen) atoms. The first kappa shape index (κ1) is 56.4. The Balaban J connectivity index is 0.875. The third-order valence-corrected chi connectivity index (χ3v) is 17.1. The minimum Gasteiger partial charge on any atom is -0.780 e. The summed E-state index contributed by atoms with van der Waals surface area (Å²) in [5, 5.41) is 20.9. The van der Waals surface area contributed by atoms with Gasteiger partial charge in [-0.15, -0.1) is 0 Å². The van der Waals surface area contributed by atoms with Gasteiger partial charge in [-0.25, -0.2) is 29.3 Å². The number of ether oxygens (including phenoxy) is 4. The summed E-state index contributed by atoms with van der Waals surface area (Å²) in [7, 11) is 0. The Labute approximate surface area is 442 Å². The van der Waals surface area contributed by atoms with E-state index in [0.717, 1.165) is 13.7 Å². The molecule has 414 valence electrons. The number of aromatic amines is 1. The molecule has 15 atom stereocenters. The maximum Gasteiger partial charge on any atom is 0.351 e. The molecule has 0 bridgehead atoms. The molecule has 9 rings (SSSR count). The monoisotopic (exact) mass is 1180 g/mol. The number of nitrogen functional groups attached to an aromatic ring is 3. The zero-order valence-corrected chi connectivity index (χ0v) is 44.4. The van der Waals surface area contributed by atoms with Gasteiger partial charge in [0.15, 0.2) is 18.3 Å². The van der Waals surface area contributed by atoms with E-state index in [1.807, 2.05) is 0 Å². The molecular formula is C38H47N13O19P3S3-3. The van der Waals surface area contributed by atoms with Crippen LogP contribution in [0.1, 0.15) is 56.2 Å². The van der Waals surface area contributed by atoms with Crippen LogP contribution in [0.3, 0.4) is 0 Å². The van der Waals surface area contributed by atoms with Crippen molar-refractivity contribution < 1.29 is 70.7 Å². The molecule has 0 radical (unpaired) electrons. The number of nitrogens with one attached hydrogen (secondary N) is 1. The fourth-order valence-corrected chi connectivity index (χ4v) is 13.1. The summed E-state index contributed by atoms with van der Waals surface area (Å²) >= 11 is 15.8. The number of aliphatic hydroxyl groups is 2. The molecule has 0 saturated carbocycles. The van der Waals surface area contributed by atoms with Crippen molar-refractivity contribution >= 4 is 84.7 Å². The number of imidazole rings is 1. The average Bonchev–Trinajstić information content (AvgIpc) is 4.21. The van der Waals surface area contributed by atoms with Gasteiger partial charge in [0.05, 0.1) is 57.2 Å². The van der Waals surface area contributed by atoms with E-state index in [-0.39, 0.29) is 48.7 Å². The van der Waals surface area contributed by atoms with Gasteiger partial charge in [-0.2, -0.15) is 9.97 Å². The van der Waals surface area contributed by atoms with E-state index in [1.165, 1.54) is 54.9 Å². The van der Waals surface area contributed by atoms with Crippen LogP contribution >= 0.6 is 20.2 Å². The summed E-state index contributed by atoms with van der Waals surface area (Å²) in [5.74, 6) is -0.0112. The van der Waals surface area contributed by atoms with Crippen LogP contribution in [-0.4, -0.2) is 134 Å². The van der Waals surface area contributed by atoms with Crippen molar-refractivity contribution in [1.29, 1.82) is 0 Å². The van der Waals surface area contributed by atoms with Gasteiger partial charge in [-0.3, -0.25) is 32.6 Å². The standard InChI is InChI=1S/C38H50N13O19P3S3/c1-17-10-50(38(57)47-35(17)54)30-9-21(70-71(58,74)61-12-23-18(53)6-28(65-23)48-4-2-26(39)45-36(48)55)25(67-30)14-63-73(60,76)69-20-8-29(49-5-3-27(40)46-37(49)56)66-24(20)13-62-72(59,75)68-19-7-31(64-22(19)11-52)51-16-44-32-33(41)42-15-43-34(32)51/h2-5,10,15-16,18-25,28-31,52-53H,6-9,11-14H2,1H3,(H,58,74)(H,59,75)(H,60,76)(H2,39,45,55)(H2,40,46,56)(H2,41,42,43)(H,47,54,57)/p-3/t18?,19?,20?,21?,22-,23-,24-,25-,28-,29-,30-,31-,71?,72?,73?/m1/s1. The second-order valence-corrected chi connectivity index (χ2v) is 25.6. The number of fused-ring (bicyclic) bond motifs is 1.